The van der Waals surface area contributed by atoms with Crippen molar-refractivity contribution in [1.82, 2.24) is 4.98 Å². The van der Waals surface area contributed by atoms with Crippen molar-refractivity contribution in [2.24, 2.45) is 5.73 Å². The van der Waals surface area contributed by atoms with Crippen molar-refractivity contribution in [1.29, 1.82) is 0 Å². The van der Waals surface area contributed by atoms with Crippen molar-refractivity contribution in [3.8, 4) is 11.8 Å². The van der Waals surface area contributed by atoms with Gasteiger partial charge in [0, 0.05) is 11.8 Å². The molecule has 0 aliphatic carbocycles. The van der Waals surface area contributed by atoms with E-state index in [0.29, 0.717) is 5.56 Å². The van der Waals surface area contributed by atoms with Crippen LogP contribution in [0.3, 0.4) is 0 Å². The van der Waals surface area contributed by atoms with Gasteiger partial charge in [-0.2, -0.15) is 0 Å². The van der Waals surface area contributed by atoms with Gasteiger partial charge in [-0.1, -0.05) is 11.8 Å². The van der Waals surface area contributed by atoms with Crippen LogP contribution in [0.2, 0.25) is 0 Å². The Morgan fingerprint density at radius 3 is 2.86 bits per heavy atom. The van der Waals surface area contributed by atoms with E-state index in [0.717, 1.165) is 18.2 Å². The van der Waals surface area contributed by atoms with Crippen LogP contribution >= 0.6 is 0 Å². The molecule has 1 heterocycles. The average Bonchev–Trinajstić information content (AvgIpc) is 2.48. The summed E-state index contributed by atoms with van der Waals surface area (Å²) in [4.78, 5) is 15.8. The largest absolute Gasteiger partial charge is 0.320 e. The van der Waals surface area contributed by atoms with Gasteiger partial charge in [-0.25, -0.2) is 13.8 Å². The number of pyridine rings is 1. The van der Waals surface area contributed by atoms with Crippen molar-refractivity contribution >= 4 is 11.7 Å². The zero-order valence-electron chi connectivity index (χ0n) is 10.9. The van der Waals surface area contributed by atoms with E-state index in [-0.39, 0.29) is 12.4 Å². The molecule has 1 amide bonds. The monoisotopic (exact) mass is 287 g/mol. The first kappa shape index (κ1) is 14.6. The van der Waals surface area contributed by atoms with Crippen molar-refractivity contribution in [3.05, 3.63) is 59.3 Å². The molecule has 0 bridgehead atoms. The van der Waals surface area contributed by atoms with Crippen LogP contribution < -0.4 is 11.1 Å². The molecule has 4 nitrogen and oxygen atoms in total. The third kappa shape index (κ3) is 3.84. The summed E-state index contributed by atoms with van der Waals surface area (Å²) in [7, 11) is 0. The Morgan fingerprint density at radius 1 is 1.29 bits per heavy atom. The summed E-state index contributed by atoms with van der Waals surface area (Å²) in [6.07, 6.45) is 1.44. The van der Waals surface area contributed by atoms with Crippen LogP contribution in [0.5, 0.6) is 0 Å². The molecule has 0 atom stereocenters. The van der Waals surface area contributed by atoms with Crippen LogP contribution in [0.15, 0.2) is 36.5 Å². The minimum Gasteiger partial charge on any atom is -0.320 e. The zero-order chi connectivity index (χ0) is 15.2. The Labute approximate surface area is 120 Å². The Balaban J connectivity index is 2.21. The third-order valence-electron chi connectivity index (χ3n) is 2.51. The number of rotatable bonds is 2. The number of nitrogens with two attached hydrogens (primary N) is 1. The van der Waals surface area contributed by atoms with Crippen molar-refractivity contribution in [2.45, 2.75) is 0 Å². The quantitative estimate of drug-likeness (QED) is 0.829. The Kier molecular flexibility index (Phi) is 4.59. The first-order valence-corrected chi connectivity index (χ1v) is 6.01. The number of nitrogens with one attached hydrogen (secondary N) is 1. The Morgan fingerprint density at radius 2 is 2.10 bits per heavy atom. The van der Waals surface area contributed by atoms with Gasteiger partial charge in [-0.3, -0.25) is 4.79 Å². The highest BCUT2D eigenvalue weighted by atomic mass is 19.1. The van der Waals surface area contributed by atoms with Gasteiger partial charge in [-0.15, -0.1) is 0 Å². The summed E-state index contributed by atoms with van der Waals surface area (Å²) < 4.78 is 26.5. The molecule has 1 aromatic carbocycles. The van der Waals surface area contributed by atoms with E-state index in [2.05, 4.69) is 22.1 Å². The van der Waals surface area contributed by atoms with Gasteiger partial charge in [0.25, 0.3) is 5.91 Å². The number of nitrogens with zero attached hydrogens (tertiary/aromatic N) is 1. The fourth-order valence-electron chi connectivity index (χ4n) is 1.58. The number of benzene rings is 1. The molecule has 0 aliphatic heterocycles. The molecule has 0 saturated heterocycles. The van der Waals surface area contributed by atoms with E-state index in [9.17, 15) is 13.6 Å². The number of amides is 1. The third-order valence-corrected chi connectivity index (χ3v) is 2.51. The van der Waals surface area contributed by atoms with Crippen LogP contribution in [0.25, 0.3) is 0 Å². The van der Waals surface area contributed by atoms with Crippen molar-refractivity contribution in [2.75, 3.05) is 11.9 Å². The van der Waals surface area contributed by atoms with Crippen LogP contribution in [-0.4, -0.2) is 17.4 Å². The number of halogens is 2. The Bertz CT molecular complexity index is 735. The molecule has 0 saturated carbocycles. The summed E-state index contributed by atoms with van der Waals surface area (Å²) >= 11 is 0. The lowest BCUT2D eigenvalue weighted by molar-refractivity contribution is 0.102. The molecule has 1 aromatic heterocycles. The molecule has 3 N–H and O–H groups in total. The molecular weight excluding hydrogens is 276 g/mol. The lowest BCUT2D eigenvalue weighted by Crippen LogP contribution is -2.15. The highest BCUT2D eigenvalue weighted by molar-refractivity contribution is 6.04. The summed E-state index contributed by atoms with van der Waals surface area (Å²) in [5.74, 6) is 3.33. The molecule has 0 spiro atoms. The van der Waals surface area contributed by atoms with Crippen molar-refractivity contribution < 1.29 is 13.6 Å². The molecule has 2 aromatic rings. The normalized spacial score (nSPS) is 9.67. The fourth-order valence-corrected chi connectivity index (χ4v) is 1.58. The standard InChI is InChI=1S/C15H11F2N3O/c16-11-3-4-13(17)12(9-11)15(21)20-14-8-10(2-1-6-18)5-7-19-14/h3-5,7-9H,6,18H2,(H,19,20,21). The molecule has 0 radical (unpaired) electrons. The van der Waals surface area contributed by atoms with E-state index in [1.54, 1.807) is 6.07 Å². The summed E-state index contributed by atoms with van der Waals surface area (Å²) in [6.45, 7) is 0.207. The zero-order valence-corrected chi connectivity index (χ0v) is 10.9. The highest BCUT2D eigenvalue weighted by Crippen LogP contribution is 2.13. The summed E-state index contributed by atoms with van der Waals surface area (Å²) in [6, 6.07) is 5.80. The van der Waals surface area contributed by atoms with E-state index in [1.165, 1.54) is 12.3 Å². The molecular formula is C15H11F2N3O. The van der Waals surface area contributed by atoms with Crippen molar-refractivity contribution in [3.63, 3.8) is 0 Å². The molecule has 106 valence electrons. The first-order valence-electron chi connectivity index (χ1n) is 6.01. The lowest BCUT2D eigenvalue weighted by atomic mass is 10.2. The van der Waals surface area contributed by atoms with Gasteiger partial charge in [0.2, 0.25) is 0 Å². The minimum absolute atomic E-state index is 0.187. The maximum Gasteiger partial charge on any atom is 0.259 e. The van der Waals surface area contributed by atoms with Crippen LogP contribution in [0.4, 0.5) is 14.6 Å². The smallest absolute Gasteiger partial charge is 0.259 e. The van der Waals surface area contributed by atoms with Gasteiger partial charge in [0.15, 0.2) is 0 Å². The second-order valence-electron chi connectivity index (χ2n) is 4.01. The molecule has 2 rings (SSSR count). The van der Waals surface area contributed by atoms with Crippen LogP contribution in [-0.2, 0) is 0 Å². The number of hydrogen-bond donors (Lipinski definition) is 2. The van der Waals surface area contributed by atoms with Gasteiger partial charge >= 0.3 is 0 Å². The second kappa shape index (κ2) is 6.59. The van der Waals surface area contributed by atoms with Gasteiger partial charge in [0.05, 0.1) is 12.1 Å². The van der Waals surface area contributed by atoms with Crippen LogP contribution in [0, 0.1) is 23.5 Å². The predicted octanol–water partition coefficient (Wildman–Crippen LogP) is 1.92. The predicted molar refractivity (Wildman–Crippen MR) is 74.5 cm³/mol. The van der Waals surface area contributed by atoms with E-state index in [4.69, 9.17) is 5.73 Å². The SMILES string of the molecule is NCC#Cc1ccnc(NC(=O)c2cc(F)ccc2F)c1. The highest BCUT2D eigenvalue weighted by Gasteiger charge is 2.13. The van der Waals surface area contributed by atoms with E-state index >= 15 is 0 Å². The van der Waals surface area contributed by atoms with E-state index < -0.39 is 23.1 Å². The minimum atomic E-state index is -0.812. The van der Waals surface area contributed by atoms with Gasteiger partial charge < -0.3 is 11.1 Å². The molecule has 6 heteroatoms. The maximum absolute atomic E-state index is 13.5. The summed E-state index contributed by atoms with van der Waals surface area (Å²) in [5.41, 5.74) is 5.47. The average molecular weight is 287 g/mol. The fraction of sp³-hybridized carbons (Fsp3) is 0.0667. The number of carbonyl (C=O) groups is 1. The van der Waals surface area contributed by atoms with E-state index in [1.807, 2.05) is 0 Å². The topological polar surface area (TPSA) is 68.0 Å². The van der Waals surface area contributed by atoms with Gasteiger partial charge in [0.1, 0.15) is 17.5 Å². The number of aromatic nitrogens is 1. The second-order valence-corrected chi connectivity index (χ2v) is 4.01. The van der Waals surface area contributed by atoms with Gasteiger partial charge in [-0.05, 0) is 30.3 Å². The number of anilines is 1. The molecule has 0 unspecified atom stereocenters. The van der Waals surface area contributed by atoms with Crippen LogP contribution in [0.1, 0.15) is 15.9 Å². The molecule has 0 aliphatic rings. The number of carbonyl (C=O) groups excluding carboxylic acids is 1. The molecule has 0 fully saturated rings. The first-order chi connectivity index (χ1) is 10.1. The summed E-state index contributed by atoms with van der Waals surface area (Å²) in [5, 5.41) is 2.39. The lowest BCUT2D eigenvalue weighted by Gasteiger charge is -2.05. The number of hydrogen-bond acceptors (Lipinski definition) is 3. The molecule has 21 heavy (non-hydrogen) atoms. The Hall–Kier alpha value is -2.78. The maximum atomic E-state index is 13.5.